The van der Waals surface area contributed by atoms with Gasteiger partial charge < -0.3 is 14.0 Å². The van der Waals surface area contributed by atoms with Crippen LogP contribution >= 0.6 is 7.14 Å². The van der Waals surface area contributed by atoms with Gasteiger partial charge in [0.15, 0.2) is 5.82 Å². The second-order valence-electron chi connectivity index (χ2n) is 12.9. The Bertz CT molecular complexity index is 1270. The van der Waals surface area contributed by atoms with Gasteiger partial charge in [0.2, 0.25) is 11.8 Å². The molecule has 0 N–H and O–H groups in total. The van der Waals surface area contributed by atoms with Gasteiger partial charge in [-0.25, -0.2) is 8.78 Å². The summed E-state index contributed by atoms with van der Waals surface area (Å²) in [5.41, 5.74) is 0.0990. The molecule has 0 spiro atoms. The zero-order valence-corrected chi connectivity index (χ0v) is 24.3. The Kier molecular flexibility index (Phi) is 7.50. The molecule has 11 heteroatoms. The summed E-state index contributed by atoms with van der Waals surface area (Å²) in [5, 5.41) is 4.62. The topological polar surface area (TPSA) is 76.3 Å². The van der Waals surface area contributed by atoms with Crippen molar-refractivity contribution in [2.75, 3.05) is 24.8 Å². The minimum Gasteiger partial charge on any atom is -0.333 e. The van der Waals surface area contributed by atoms with Crippen molar-refractivity contribution in [3.63, 3.8) is 0 Å². The molecule has 4 saturated carbocycles. The van der Waals surface area contributed by atoms with Crippen LogP contribution in [0.5, 0.6) is 0 Å². The van der Waals surface area contributed by atoms with Gasteiger partial charge in [-0.05, 0) is 88.2 Å². The van der Waals surface area contributed by atoms with E-state index >= 15 is 0 Å². The Morgan fingerprint density at radius 1 is 1.07 bits per heavy atom. The number of nitrogens with zero attached hydrogens (tertiary/aromatic N) is 3. The Labute approximate surface area is 232 Å². The van der Waals surface area contributed by atoms with Crippen LogP contribution in [0.25, 0.3) is 0 Å². The van der Waals surface area contributed by atoms with Crippen LogP contribution in [0.2, 0.25) is 0 Å². The summed E-state index contributed by atoms with van der Waals surface area (Å²) in [5.74, 6) is -6.36. The molecular formula is C29H38F4N3O3P. The van der Waals surface area contributed by atoms with E-state index in [9.17, 15) is 26.9 Å². The van der Waals surface area contributed by atoms with Gasteiger partial charge in [-0.15, -0.1) is 0 Å². The largest absolute Gasteiger partial charge is 0.333 e. The Balaban J connectivity index is 1.36. The Morgan fingerprint density at radius 2 is 1.70 bits per heavy atom. The van der Waals surface area contributed by atoms with Crippen molar-refractivity contribution in [1.82, 2.24) is 10.1 Å². The Hall–Kier alpha value is -2.22. The molecule has 2 bridgehead atoms. The second kappa shape index (κ2) is 10.2. The summed E-state index contributed by atoms with van der Waals surface area (Å²) >= 11 is 0. The first-order valence-electron chi connectivity index (χ1n) is 14.2. The van der Waals surface area contributed by atoms with Crippen molar-refractivity contribution in [2.45, 2.75) is 94.8 Å². The van der Waals surface area contributed by atoms with Crippen molar-refractivity contribution >= 4 is 24.0 Å². The molecule has 0 atom stereocenters. The van der Waals surface area contributed by atoms with Crippen molar-refractivity contribution < 1.29 is 31.4 Å². The molecule has 4 fully saturated rings. The number of amides is 1. The number of hydrogen-bond donors (Lipinski definition) is 0. The fraction of sp³-hybridized carbons (Fsp3) is 0.690. The minimum absolute atomic E-state index is 0.0896. The number of anilines is 1. The molecule has 220 valence electrons. The summed E-state index contributed by atoms with van der Waals surface area (Å²) in [4.78, 5) is 19.7. The van der Waals surface area contributed by atoms with Crippen molar-refractivity contribution in [2.24, 2.45) is 11.3 Å². The summed E-state index contributed by atoms with van der Waals surface area (Å²) in [6.07, 6.45) is 4.92. The Morgan fingerprint density at radius 3 is 2.25 bits per heavy atom. The van der Waals surface area contributed by atoms with Crippen LogP contribution in [0.3, 0.4) is 0 Å². The molecule has 2 aromatic rings. The average molecular weight is 584 g/mol. The highest BCUT2D eigenvalue weighted by molar-refractivity contribution is 7.70. The molecule has 4 aliphatic rings. The summed E-state index contributed by atoms with van der Waals surface area (Å²) in [6, 6.07) is 7.30. The molecule has 0 radical (unpaired) electrons. The highest BCUT2D eigenvalue weighted by Crippen LogP contribution is 2.58. The molecule has 1 amide bonds. The van der Waals surface area contributed by atoms with E-state index in [-0.39, 0.29) is 36.5 Å². The number of alkyl halides is 4. The van der Waals surface area contributed by atoms with Crippen LogP contribution in [0.15, 0.2) is 28.8 Å². The van der Waals surface area contributed by atoms with Crippen LogP contribution in [0, 0.1) is 11.3 Å². The monoisotopic (exact) mass is 583 g/mol. The third-order valence-electron chi connectivity index (χ3n) is 9.54. The maximum absolute atomic E-state index is 13.8. The van der Waals surface area contributed by atoms with Crippen molar-refractivity contribution in [3.8, 4) is 0 Å². The molecule has 1 heterocycles. The average Bonchev–Trinajstić information content (AvgIpc) is 3.42. The molecular weight excluding hydrogens is 545 g/mol. The van der Waals surface area contributed by atoms with Crippen LogP contribution in [0.1, 0.15) is 89.3 Å². The van der Waals surface area contributed by atoms with E-state index in [1.807, 2.05) is 24.3 Å². The number of benzene rings is 1. The van der Waals surface area contributed by atoms with Gasteiger partial charge in [-0.1, -0.05) is 17.3 Å². The number of carbonyl (C=O) groups excluding carboxylic acids is 1. The molecule has 0 saturated heterocycles. The van der Waals surface area contributed by atoms with E-state index in [4.69, 9.17) is 4.52 Å². The van der Waals surface area contributed by atoms with E-state index in [0.29, 0.717) is 55.5 Å². The fourth-order valence-corrected chi connectivity index (χ4v) is 7.66. The molecule has 0 aliphatic heterocycles. The van der Waals surface area contributed by atoms with Crippen molar-refractivity contribution in [3.05, 3.63) is 36.0 Å². The number of rotatable bonds is 8. The van der Waals surface area contributed by atoms with E-state index in [2.05, 4.69) is 10.1 Å². The quantitative estimate of drug-likeness (QED) is 0.241. The van der Waals surface area contributed by atoms with Crippen LogP contribution < -0.4 is 10.2 Å². The molecule has 0 unspecified atom stereocenters. The summed E-state index contributed by atoms with van der Waals surface area (Å²) in [7, 11) is -2.57. The van der Waals surface area contributed by atoms with Gasteiger partial charge in [0.05, 0.1) is 0 Å². The van der Waals surface area contributed by atoms with Crippen molar-refractivity contribution in [1.29, 1.82) is 0 Å². The van der Waals surface area contributed by atoms with E-state index < -0.39 is 30.3 Å². The first-order chi connectivity index (χ1) is 18.6. The number of aromatic nitrogens is 2. The minimum atomic E-state index is -3.19. The standard InChI is InChI=1S/C29H38F4N3O3P/c1-26(30,31)25-34-24(35-39-25)28-14-11-27(12-15-28,13-16-28)19-36(21-5-4-6-22(18-21)40(2,3)38)23(37)17-20-7-9-29(32,33)10-8-20/h4-6,18,20H,7-17,19H2,1-3H3. The van der Waals surface area contributed by atoms with Gasteiger partial charge in [0, 0.05) is 49.1 Å². The highest BCUT2D eigenvalue weighted by atomic mass is 31.2. The first kappa shape index (κ1) is 29.3. The van der Waals surface area contributed by atoms with E-state index in [0.717, 1.165) is 26.2 Å². The molecule has 6 nitrogen and oxygen atoms in total. The number of hydrogen-bond acceptors (Lipinski definition) is 5. The van der Waals surface area contributed by atoms with Crippen LogP contribution in [-0.2, 0) is 20.7 Å². The number of carbonyl (C=O) groups is 1. The van der Waals surface area contributed by atoms with Gasteiger partial charge in [0.1, 0.15) is 7.14 Å². The maximum atomic E-state index is 13.8. The molecule has 40 heavy (non-hydrogen) atoms. The predicted molar refractivity (Wildman–Crippen MR) is 145 cm³/mol. The normalized spacial score (nSPS) is 27.1. The smallest absolute Gasteiger partial charge is 0.322 e. The van der Waals surface area contributed by atoms with Crippen LogP contribution in [0.4, 0.5) is 23.2 Å². The lowest BCUT2D eigenvalue weighted by Gasteiger charge is -2.53. The number of fused-ring (bicyclic) bond motifs is 3. The van der Waals surface area contributed by atoms with Gasteiger partial charge in [-0.2, -0.15) is 13.8 Å². The predicted octanol–water partition coefficient (Wildman–Crippen LogP) is 7.27. The lowest BCUT2D eigenvalue weighted by Crippen LogP contribution is -2.51. The maximum Gasteiger partial charge on any atom is 0.322 e. The zero-order chi connectivity index (χ0) is 29.0. The van der Waals surface area contributed by atoms with Crippen LogP contribution in [-0.4, -0.2) is 41.8 Å². The van der Waals surface area contributed by atoms with E-state index in [1.165, 1.54) is 0 Å². The highest BCUT2D eigenvalue weighted by Gasteiger charge is 2.53. The molecule has 6 rings (SSSR count). The van der Waals surface area contributed by atoms with Gasteiger partial charge in [0.25, 0.3) is 5.89 Å². The summed E-state index contributed by atoms with van der Waals surface area (Å²) < 4.78 is 72.7. The lowest BCUT2D eigenvalue weighted by molar-refractivity contribution is -0.121. The van der Waals surface area contributed by atoms with Gasteiger partial charge in [-0.3, -0.25) is 4.79 Å². The lowest BCUT2D eigenvalue weighted by atomic mass is 9.53. The summed E-state index contributed by atoms with van der Waals surface area (Å²) in [6.45, 7) is 4.60. The third-order valence-corrected chi connectivity index (χ3v) is 11.1. The number of halogens is 4. The second-order valence-corrected chi connectivity index (χ2v) is 16.2. The van der Waals surface area contributed by atoms with Gasteiger partial charge >= 0.3 is 5.92 Å². The zero-order valence-electron chi connectivity index (χ0n) is 23.4. The molecule has 1 aromatic heterocycles. The first-order valence-corrected chi connectivity index (χ1v) is 16.8. The van der Waals surface area contributed by atoms with E-state index in [1.54, 1.807) is 18.2 Å². The molecule has 1 aromatic carbocycles. The fourth-order valence-electron chi connectivity index (χ4n) is 6.77. The SMILES string of the molecule is CC(F)(F)c1nc(C23CCC(CN(C(=O)CC4CCC(F)(F)CC4)c4cccc(P(C)(C)=O)c4)(CC2)CC3)no1. The molecule has 4 aliphatic carbocycles. The third kappa shape index (κ3) is 6.02.